The maximum absolute atomic E-state index is 8.52. The monoisotopic (exact) mass is 130 g/mol. The van der Waals surface area contributed by atoms with Gasteiger partial charge in [0.25, 0.3) is 0 Å². The SMILES string of the molecule is Bc1cc(C)c(C#N)cn1. The average molecular weight is 130 g/mol. The van der Waals surface area contributed by atoms with Crippen LogP contribution < -0.4 is 5.59 Å². The normalized spacial score (nSPS) is 8.80. The largest absolute Gasteiger partial charge is 0.271 e. The van der Waals surface area contributed by atoms with Gasteiger partial charge in [-0.15, -0.1) is 0 Å². The highest BCUT2D eigenvalue weighted by Gasteiger charge is 1.95. The highest BCUT2D eigenvalue weighted by Crippen LogP contribution is 1.99. The quantitative estimate of drug-likeness (QED) is 0.444. The standard InChI is InChI=1S/C7H7BN2/c1-5-2-7(8)10-4-6(5)3-9/h2,4H,8H2,1H3. The van der Waals surface area contributed by atoms with Crippen molar-refractivity contribution in [1.29, 1.82) is 5.26 Å². The molecule has 3 heteroatoms. The summed E-state index contributed by atoms with van der Waals surface area (Å²) in [5.41, 5.74) is 2.61. The van der Waals surface area contributed by atoms with Gasteiger partial charge in [-0.1, -0.05) is 0 Å². The minimum Gasteiger partial charge on any atom is -0.271 e. The first kappa shape index (κ1) is 6.82. The molecule has 0 saturated carbocycles. The summed E-state index contributed by atoms with van der Waals surface area (Å²) in [5.74, 6) is 0. The van der Waals surface area contributed by atoms with E-state index in [1.807, 2.05) is 20.8 Å². The van der Waals surface area contributed by atoms with Crippen molar-refractivity contribution >= 4 is 13.4 Å². The number of aromatic nitrogens is 1. The summed E-state index contributed by atoms with van der Waals surface area (Å²) < 4.78 is 0. The average Bonchev–Trinajstić information content (AvgIpc) is 1.88. The fourth-order valence-electron chi connectivity index (χ4n) is 0.814. The maximum atomic E-state index is 8.52. The predicted octanol–water partition coefficient (Wildman–Crippen LogP) is -0.480. The molecule has 0 aromatic carbocycles. The number of hydrogen-bond acceptors (Lipinski definition) is 2. The summed E-state index contributed by atoms with van der Waals surface area (Å²) in [6.07, 6.45) is 1.60. The fourth-order valence-corrected chi connectivity index (χ4v) is 0.814. The van der Waals surface area contributed by atoms with Crippen molar-refractivity contribution < 1.29 is 0 Å². The van der Waals surface area contributed by atoms with Gasteiger partial charge in [0.15, 0.2) is 7.85 Å². The fraction of sp³-hybridized carbons (Fsp3) is 0.143. The van der Waals surface area contributed by atoms with Crippen LogP contribution in [0.5, 0.6) is 0 Å². The maximum Gasteiger partial charge on any atom is 0.163 e. The molecule has 0 radical (unpaired) electrons. The Morgan fingerprint density at radius 2 is 2.40 bits per heavy atom. The Morgan fingerprint density at radius 3 is 2.90 bits per heavy atom. The van der Waals surface area contributed by atoms with Crippen molar-refractivity contribution in [3.63, 3.8) is 0 Å². The van der Waals surface area contributed by atoms with E-state index in [0.29, 0.717) is 5.56 Å². The molecule has 0 aliphatic heterocycles. The van der Waals surface area contributed by atoms with Crippen LogP contribution in [0.4, 0.5) is 0 Å². The van der Waals surface area contributed by atoms with Gasteiger partial charge in [-0.25, -0.2) is 0 Å². The van der Waals surface area contributed by atoms with E-state index in [4.69, 9.17) is 5.26 Å². The molecule has 0 aliphatic carbocycles. The summed E-state index contributed by atoms with van der Waals surface area (Å²) in [5, 5.41) is 8.52. The van der Waals surface area contributed by atoms with Gasteiger partial charge in [-0.05, 0) is 24.1 Å². The molecule has 0 atom stereocenters. The molecule has 0 bridgehead atoms. The lowest BCUT2D eigenvalue weighted by Crippen LogP contribution is -2.08. The molecule has 0 unspecified atom stereocenters. The summed E-state index contributed by atoms with van der Waals surface area (Å²) in [6, 6.07) is 3.96. The lowest BCUT2D eigenvalue weighted by atomic mass is 10.0. The van der Waals surface area contributed by atoms with Crippen molar-refractivity contribution in [1.82, 2.24) is 4.98 Å². The van der Waals surface area contributed by atoms with Gasteiger partial charge in [0.1, 0.15) is 6.07 Å². The highest BCUT2D eigenvalue weighted by atomic mass is 14.6. The van der Waals surface area contributed by atoms with Crippen LogP contribution in [0, 0.1) is 18.3 Å². The van der Waals surface area contributed by atoms with E-state index in [-0.39, 0.29) is 0 Å². The summed E-state index contributed by atoms with van der Waals surface area (Å²) in [4.78, 5) is 3.99. The zero-order valence-corrected chi connectivity index (χ0v) is 6.05. The first-order valence-electron chi connectivity index (χ1n) is 3.07. The number of aryl methyl sites for hydroxylation is 1. The zero-order chi connectivity index (χ0) is 7.56. The Morgan fingerprint density at radius 1 is 1.70 bits per heavy atom. The molecule has 1 aromatic heterocycles. The molecule has 0 N–H and O–H groups in total. The number of pyridine rings is 1. The van der Waals surface area contributed by atoms with Crippen LogP contribution in [-0.2, 0) is 0 Å². The molecule has 1 heterocycles. The Bertz CT molecular complexity index is 288. The summed E-state index contributed by atoms with van der Waals surface area (Å²) in [6.45, 7) is 1.91. The van der Waals surface area contributed by atoms with E-state index in [9.17, 15) is 0 Å². The van der Waals surface area contributed by atoms with Gasteiger partial charge in [-0.2, -0.15) is 5.26 Å². The Labute approximate surface area is 60.9 Å². The molecule has 2 nitrogen and oxygen atoms in total. The van der Waals surface area contributed by atoms with Crippen molar-refractivity contribution in [3.8, 4) is 6.07 Å². The van der Waals surface area contributed by atoms with E-state index >= 15 is 0 Å². The van der Waals surface area contributed by atoms with Crippen molar-refractivity contribution in [2.75, 3.05) is 0 Å². The molecule has 0 amide bonds. The second-order valence-electron chi connectivity index (χ2n) is 2.25. The van der Waals surface area contributed by atoms with Gasteiger partial charge >= 0.3 is 0 Å². The minimum atomic E-state index is 0.658. The molecule has 0 saturated heterocycles. The molecule has 1 rings (SSSR count). The van der Waals surface area contributed by atoms with Gasteiger partial charge in [0.2, 0.25) is 0 Å². The second kappa shape index (κ2) is 2.53. The van der Waals surface area contributed by atoms with Crippen LogP contribution in [0.25, 0.3) is 0 Å². The molecule has 0 fully saturated rings. The molecule has 1 aromatic rings. The van der Waals surface area contributed by atoms with Gasteiger partial charge < -0.3 is 0 Å². The minimum absolute atomic E-state index is 0.658. The number of rotatable bonds is 0. The topological polar surface area (TPSA) is 36.7 Å². The van der Waals surface area contributed by atoms with Crippen LogP contribution >= 0.6 is 0 Å². The number of nitriles is 1. The van der Waals surface area contributed by atoms with E-state index < -0.39 is 0 Å². The smallest absolute Gasteiger partial charge is 0.163 e. The third-order valence-corrected chi connectivity index (χ3v) is 1.37. The third-order valence-electron chi connectivity index (χ3n) is 1.37. The zero-order valence-electron chi connectivity index (χ0n) is 6.05. The molecule has 10 heavy (non-hydrogen) atoms. The molecule has 0 aliphatic rings. The van der Waals surface area contributed by atoms with Gasteiger partial charge in [0, 0.05) is 6.20 Å². The first-order valence-corrected chi connectivity index (χ1v) is 3.07. The highest BCUT2D eigenvalue weighted by molar-refractivity contribution is 6.30. The van der Waals surface area contributed by atoms with Crippen LogP contribution in [0.1, 0.15) is 11.1 Å². The van der Waals surface area contributed by atoms with Gasteiger partial charge in [-0.3, -0.25) is 4.98 Å². The lowest BCUT2D eigenvalue weighted by Gasteiger charge is -1.95. The van der Waals surface area contributed by atoms with Crippen LogP contribution in [0.15, 0.2) is 12.3 Å². The number of hydrogen-bond donors (Lipinski definition) is 0. The van der Waals surface area contributed by atoms with E-state index in [2.05, 4.69) is 11.1 Å². The second-order valence-corrected chi connectivity index (χ2v) is 2.25. The lowest BCUT2D eigenvalue weighted by molar-refractivity contribution is 1.29. The van der Waals surface area contributed by atoms with Crippen LogP contribution in [0.2, 0.25) is 0 Å². The van der Waals surface area contributed by atoms with E-state index in [1.54, 1.807) is 6.20 Å². The van der Waals surface area contributed by atoms with E-state index in [1.165, 1.54) is 0 Å². The molecule has 48 valence electrons. The van der Waals surface area contributed by atoms with Crippen LogP contribution in [-0.4, -0.2) is 12.8 Å². The summed E-state index contributed by atoms with van der Waals surface area (Å²) >= 11 is 0. The Balaban J connectivity index is 3.23. The molecule has 0 spiro atoms. The summed E-state index contributed by atoms with van der Waals surface area (Å²) in [7, 11) is 1.91. The first-order chi connectivity index (χ1) is 4.74. The van der Waals surface area contributed by atoms with Crippen molar-refractivity contribution in [3.05, 3.63) is 23.4 Å². The third kappa shape index (κ3) is 1.16. The van der Waals surface area contributed by atoms with Crippen LogP contribution in [0.3, 0.4) is 0 Å². The molecular weight excluding hydrogens is 123 g/mol. The number of nitrogens with zero attached hydrogens (tertiary/aromatic N) is 2. The van der Waals surface area contributed by atoms with E-state index in [0.717, 1.165) is 11.2 Å². The Hall–Kier alpha value is -1.30. The van der Waals surface area contributed by atoms with Crippen molar-refractivity contribution in [2.45, 2.75) is 6.92 Å². The van der Waals surface area contributed by atoms with Crippen molar-refractivity contribution in [2.24, 2.45) is 0 Å². The predicted molar refractivity (Wildman–Crippen MR) is 41.9 cm³/mol. The Kier molecular flexibility index (Phi) is 1.72. The van der Waals surface area contributed by atoms with Gasteiger partial charge in [0.05, 0.1) is 5.56 Å². The molecular formula is C7H7BN2.